The maximum atomic E-state index is 2.48. The second-order valence-electron chi connectivity index (χ2n) is 5.13. The van der Waals surface area contributed by atoms with Crippen molar-refractivity contribution in [3.63, 3.8) is 0 Å². The summed E-state index contributed by atoms with van der Waals surface area (Å²) >= 11 is 0.776. The van der Waals surface area contributed by atoms with Crippen molar-refractivity contribution in [2.45, 2.75) is 58.3 Å². The monoisotopic (exact) mass is 268 g/mol. The fraction of sp³-hybridized carbons (Fsp3) is 0.714. The molecule has 3 aliphatic rings. The summed E-state index contributed by atoms with van der Waals surface area (Å²) in [6, 6.07) is 0. The molecule has 0 aromatic heterocycles. The minimum atomic E-state index is 0.776. The number of rotatable bonds is 0. The molecule has 2 aliphatic carbocycles. The normalized spacial score (nSPS) is 27.8. The van der Waals surface area contributed by atoms with Crippen molar-refractivity contribution in [2.75, 3.05) is 0 Å². The van der Waals surface area contributed by atoms with Crippen molar-refractivity contribution in [3.8, 4) is 0 Å². The number of hydrogen-bond donors (Lipinski definition) is 0. The molecule has 3 rings (SSSR count). The van der Waals surface area contributed by atoms with E-state index in [0.29, 0.717) is 0 Å². The van der Waals surface area contributed by atoms with Crippen LogP contribution in [0.3, 0.4) is 0 Å². The molecule has 1 heteroatoms. The van der Waals surface area contributed by atoms with Crippen molar-refractivity contribution < 1.29 is 0 Å². The van der Waals surface area contributed by atoms with E-state index >= 15 is 0 Å². The Hall–Kier alpha value is -0.000519. The SMILES string of the molecule is CC1C2=C(CCCC2)[Se]C2=C1CCCC2. The van der Waals surface area contributed by atoms with E-state index in [2.05, 4.69) is 6.92 Å². The Morgan fingerprint density at radius 2 is 1.27 bits per heavy atom. The van der Waals surface area contributed by atoms with Gasteiger partial charge in [-0.2, -0.15) is 0 Å². The van der Waals surface area contributed by atoms with Crippen LogP contribution in [0.2, 0.25) is 0 Å². The second-order valence-corrected chi connectivity index (χ2v) is 7.63. The Morgan fingerprint density at radius 3 is 1.80 bits per heavy atom. The van der Waals surface area contributed by atoms with Gasteiger partial charge < -0.3 is 0 Å². The molecule has 0 unspecified atom stereocenters. The van der Waals surface area contributed by atoms with E-state index in [1.807, 2.05) is 20.1 Å². The van der Waals surface area contributed by atoms with E-state index in [4.69, 9.17) is 0 Å². The van der Waals surface area contributed by atoms with E-state index in [-0.39, 0.29) is 0 Å². The van der Waals surface area contributed by atoms with Gasteiger partial charge in [0.15, 0.2) is 0 Å². The third-order valence-electron chi connectivity index (χ3n) is 4.21. The van der Waals surface area contributed by atoms with E-state index < -0.39 is 0 Å². The predicted molar refractivity (Wildman–Crippen MR) is 65.9 cm³/mol. The van der Waals surface area contributed by atoms with Gasteiger partial charge in [0.1, 0.15) is 0 Å². The van der Waals surface area contributed by atoms with Crippen LogP contribution in [-0.2, 0) is 0 Å². The van der Waals surface area contributed by atoms with Crippen molar-refractivity contribution >= 4 is 15.0 Å². The molecule has 0 nitrogen and oxygen atoms in total. The molecule has 0 atom stereocenters. The van der Waals surface area contributed by atoms with Crippen LogP contribution in [-0.4, -0.2) is 15.0 Å². The molecule has 82 valence electrons. The zero-order chi connectivity index (χ0) is 10.3. The van der Waals surface area contributed by atoms with Crippen LogP contribution >= 0.6 is 0 Å². The first-order chi connectivity index (χ1) is 7.36. The Kier molecular flexibility index (Phi) is 2.79. The topological polar surface area (TPSA) is 0 Å². The van der Waals surface area contributed by atoms with Gasteiger partial charge in [0.2, 0.25) is 0 Å². The third kappa shape index (κ3) is 1.74. The fourth-order valence-electron chi connectivity index (χ4n) is 3.31. The molecule has 0 aromatic carbocycles. The molecule has 0 bridgehead atoms. The van der Waals surface area contributed by atoms with Crippen LogP contribution in [0.25, 0.3) is 0 Å². The van der Waals surface area contributed by atoms with Crippen molar-refractivity contribution in [2.24, 2.45) is 5.92 Å². The summed E-state index contributed by atoms with van der Waals surface area (Å²) in [7, 11) is 0. The molecule has 0 aromatic rings. The Balaban J connectivity index is 1.93. The van der Waals surface area contributed by atoms with Gasteiger partial charge in [-0.05, 0) is 0 Å². The van der Waals surface area contributed by atoms with Crippen LogP contribution < -0.4 is 0 Å². The molecule has 15 heavy (non-hydrogen) atoms. The standard InChI is InChI=1S/C14H20Se/c1-10-11-6-2-4-8-13(11)15-14-9-5-3-7-12(10)14/h10H,2-9H2,1H3. The summed E-state index contributed by atoms with van der Waals surface area (Å²) in [5.74, 6) is 0.839. The van der Waals surface area contributed by atoms with Gasteiger partial charge in [0.25, 0.3) is 0 Å². The van der Waals surface area contributed by atoms with E-state index in [1.165, 1.54) is 51.4 Å². The summed E-state index contributed by atoms with van der Waals surface area (Å²) in [6.45, 7) is 2.48. The predicted octanol–water partition coefficient (Wildman–Crippen LogP) is 4.00. The summed E-state index contributed by atoms with van der Waals surface area (Å²) in [6.07, 6.45) is 11.6. The van der Waals surface area contributed by atoms with Gasteiger partial charge in [-0.1, -0.05) is 0 Å². The first-order valence-corrected chi connectivity index (χ1v) is 8.19. The zero-order valence-corrected chi connectivity index (χ0v) is 11.4. The molecule has 0 radical (unpaired) electrons. The Bertz CT molecular complexity index is 303. The van der Waals surface area contributed by atoms with Crippen LogP contribution in [0, 0.1) is 5.92 Å². The molecule has 0 amide bonds. The van der Waals surface area contributed by atoms with Gasteiger partial charge in [-0.3, -0.25) is 0 Å². The molecule has 0 fully saturated rings. The maximum absolute atomic E-state index is 2.48. The van der Waals surface area contributed by atoms with Crippen LogP contribution in [0.4, 0.5) is 0 Å². The van der Waals surface area contributed by atoms with Crippen molar-refractivity contribution in [1.29, 1.82) is 0 Å². The molecule has 0 saturated heterocycles. The van der Waals surface area contributed by atoms with Gasteiger partial charge in [-0.15, -0.1) is 0 Å². The summed E-state index contributed by atoms with van der Waals surface area (Å²) in [4.78, 5) is 0. The Labute approximate surface area is 99.4 Å². The van der Waals surface area contributed by atoms with E-state index in [1.54, 1.807) is 0 Å². The Morgan fingerprint density at radius 1 is 0.800 bits per heavy atom. The van der Waals surface area contributed by atoms with Crippen LogP contribution in [0.1, 0.15) is 58.3 Å². The van der Waals surface area contributed by atoms with E-state index in [0.717, 1.165) is 20.9 Å². The number of hydrogen-bond acceptors (Lipinski definition) is 0. The van der Waals surface area contributed by atoms with Gasteiger partial charge in [-0.25, -0.2) is 0 Å². The van der Waals surface area contributed by atoms with Crippen LogP contribution in [0.5, 0.6) is 0 Å². The van der Waals surface area contributed by atoms with Crippen molar-refractivity contribution in [3.05, 3.63) is 20.1 Å². The first kappa shape index (κ1) is 10.2. The zero-order valence-electron chi connectivity index (χ0n) is 9.64. The molecular formula is C14H20Se. The molecule has 1 aliphatic heterocycles. The molecule has 1 heterocycles. The van der Waals surface area contributed by atoms with Crippen LogP contribution in [0.15, 0.2) is 20.1 Å². The average Bonchev–Trinajstić information content (AvgIpc) is 2.30. The van der Waals surface area contributed by atoms with Crippen molar-refractivity contribution in [1.82, 2.24) is 0 Å². The van der Waals surface area contributed by atoms with E-state index in [9.17, 15) is 0 Å². The molecule has 0 N–H and O–H groups in total. The van der Waals surface area contributed by atoms with Gasteiger partial charge in [0, 0.05) is 0 Å². The molecule has 0 saturated carbocycles. The number of allylic oxidation sites excluding steroid dienone is 4. The third-order valence-corrected chi connectivity index (χ3v) is 7.20. The quantitative estimate of drug-likeness (QED) is 0.582. The summed E-state index contributed by atoms with van der Waals surface area (Å²) in [5, 5.41) is 0. The molecule has 0 spiro atoms. The second kappa shape index (κ2) is 4.11. The summed E-state index contributed by atoms with van der Waals surface area (Å²) in [5.41, 5.74) is 3.75. The minimum absolute atomic E-state index is 0.776. The van der Waals surface area contributed by atoms with Gasteiger partial charge in [0.05, 0.1) is 0 Å². The summed E-state index contributed by atoms with van der Waals surface area (Å²) < 4.78 is 3.81. The average molecular weight is 267 g/mol. The fourth-order valence-corrected chi connectivity index (χ4v) is 6.69. The molecular weight excluding hydrogens is 247 g/mol. The van der Waals surface area contributed by atoms with Gasteiger partial charge >= 0.3 is 99.3 Å². The first-order valence-electron chi connectivity index (χ1n) is 6.48.